The highest BCUT2D eigenvalue weighted by Gasteiger charge is 2.76. The summed E-state index contributed by atoms with van der Waals surface area (Å²) in [5.74, 6) is -11.4. The van der Waals surface area contributed by atoms with Crippen LogP contribution in [-0.4, -0.2) is 44.2 Å². The summed E-state index contributed by atoms with van der Waals surface area (Å²) in [4.78, 5) is 0. The van der Waals surface area contributed by atoms with Crippen LogP contribution in [-0.2, 0) is 10.1 Å². The molecule has 0 aliphatic carbocycles. The third-order valence-electron chi connectivity index (χ3n) is 2.24. The number of halogens is 6. The van der Waals surface area contributed by atoms with E-state index in [2.05, 4.69) is 5.32 Å². The van der Waals surface area contributed by atoms with Crippen molar-refractivity contribution in [3.63, 3.8) is 0 Å². The number of hydrogen-bond acceptors (Lipinski definition) is 3. The molecule has 0 aromatic carbocycles. The molecule has 0 bridgehead atoms. The molecule has 4 nitrogen and oxygen atoms in total. The molecule has 0 saturated carbocycles. The molecular formula is C10H19F6NO3S. The average molecular weight is 347 g/mol. The van der Waals surface area contributed by atoms with Crippen molar-refractivity contribution in [1.29, 1.82) is 0 Å². The van der Waals surface area contributed by atoms with Crippen LogP contribution in [0.5, 0.6) is 0 Å². The zero-order valence-electron chi connectivity index (χ0n) is 11.8. The fraction of sp³-hybridized carbons (Fsp3) is 1.00. The van der Waals surface area contributed by atoms with Crippen LogP contribution in [0.25, 0.3) is 0 Å². The van der Waals surface area contributed by atoms with Crippen molar-refractivity contribution in [2.75, 3.05) is 14.1 Å². The minimum atomic E-state index is -6.64. The Morgan fingerprint density at radius 2 is 1.38 bits per heavy atom. The lowest BCUT2D eigenvalue weighted by Crippen LogP contribution is -2.57. The van der Waals surface area contributed by atoms with E-state index in [0.29, 0.717) is 6.42 Å². The van der Waals surface area contributed by atoms with Crippen LogP contribution in [0.15, 0.2) is 0 Å². The molecular weight excluding hydrogens is 328 g/mol. The van der Waals surface area contributed by atoms with Gasteiger partial charge in [0.15, 0.2) is 0 Å². The summed E-state index contributed by atoms with van der Waals surface area (Å²) in [6.45, 7) is 1.57. The Morgan fingerprint density at radius 1 is 1.00 bits per heavy atom. The maximum absolute atomic E-state index is 12.9. The van der Waals surface area contributed by atoms with Crippen molar-refractivity contribution < 1.29 is 39.3 Å². The standard InChI is InChI=1S/C8H12F6O3S.C2H7N/c1-2-3-4-5-6(9,10)7(11,12)8(13,14)18(15,16)17;1-3-2/h2-5H2,1H3,(H,15,16,17);3H,1-2H3. The first-order valence-corrected chi connectivity index (χ1v) is 7.35. The monoisotopic (exact) mass is 347 g/mol. The maximum atomic E-state index is 12.9. The molecule has 0 fully saturated rings. The highest BCUT2D eigenvalue weighted by Crippen LogP contribution is 2.49. The van der Waals surface area contributed by atoms with Crippen molar-refractivity contribution in [2.45, 2.75) is 49.7 Å². The molecule has 11 heteroatoms. The molecule has 0 unspecified atom stereocenters. The minimum absolute atomic E-state index is 0.100. The maximum Gasteiger partial charge on any atom is 0.437 e. The SMILES string of the molecule is CCCCCC(F)(F)C(F)(F)C(F)(F)S(=O)(=O)O.CNC. The molecule has 21 heavy (non-hydrogen) atoms. The molecule has 0 heterocycles. The van der Waals surface area contributed by atoms with E-state index in [1.807, 2.05) is 14.1 Å². The van der Waals surface area contributed by atoms with Gasteiger partial charge in [-0.3, -0.25) is 4.55 Å². The minimum Gasteiger partial charge on any atom is -0.323 e. The lowest BCUT2D eigenvalue weighted by Gasteiger charge is -2.30. The van der Waals surface area contributed by atoms with Crippen molar-refractivity contribution >= 4 is 10.1 Å². The van der Waals surface area contributed by atoms with E-state index >= 15 is 0 Å². The highest BCUT2D eigenvalue weighted by atomic mass is 32.2. The van der Waals surface area contributed by atoms with Gasteiger partial charge in [0.2, 0.25) is 0 Å². The molecule has 0 saturated heterocycles. The van der Waals surface area contributed by atoms with E-state index in [4.69, 9.17) is 4.55 Å². The Morgan fingerprint density at radius 3 is 1.67 bits per heavy atom. The zero-order chi connectivity index (χ0) is 17.5. The molecule has 0 radical (unpaired) electrons. The zero-order valence-corrected chi connectivity index (χ0v) is 12.6. The van der Waals surface area contributed by atoms with Gasteiger partial charge in [0.25, 0.3) is 0 Å². The van der Waals surface area contributed by atoms with E-state index in [1.165, 1.54) is 0 Å². The fourth-order valence-electron chi connectivity index (χ4n) is 1.13. The number of rotatable bonds is 7. The van der Waals surface area contributed by atoms with Crippen molar-refractivity contribution in [2.24, 2.45) is 0 Å². The van der Waals surface area contributed by atoms with Crippen LogP contribution in [0.2, 0.25) is 0 Å². The first-order valence-electron chi connectivity index (χ1n) is 5.91. The lowest BCUT2D eigenvalue weighted by atomic mass is 10.0. The van der Waals surface area contributed by atoms with Crippen molar-refractivity contribution in [3.05, 3.63) is 0 Å². The summed E-state index contributed by atoms with van der Waals surface area (Å²) in [7, 11) is -2.89. The molecule has 0 aliphatic rings. The number of alkyl halides is 6. The van der Waals surface area contributed by atoms with E-state index < -0.39 is 40.1 Å². The molecule has 0 spiro atoms. The first kappa shape index (κ1) is 22.7. The third-order valence-corrected chi connectivity index (χ3v) is 3.15. The topological polar surface area (TPSA) is 66.4 Å². The van der Waals surface area contributed by atoms with Crippen LogP contribution in [0.1, 0.15) is 32.6 Å². The van der Waals surface area contributed by atoms with Crippen molar-refractivity contribution in [3.8, 4) is 0 Å². The number of hydrogen-bond donors (Lipinski definition) is 2. The molecule has 0 atom stereocenters. The molecule has 0 aliphatic heterocycles. The first-order chi connectivity index (χ1) is 9.22. The Bertz CT molecular complexity index is 400. The Hall–Kier alpha value is -0.550. The Labute approximate surface area is 119 Å². The summed E-state index contributed by atoms with van der Waals surface area (Å²) in [5.41, 5.74) is 0. The van der Waals surface area contributed by atoms with Gasteiger partial charge in [-0.1, -0.05) is 19.8 Å². The van der Waals surface area contributed by atoms with E-state index in [1.54, 1.807) is 6.92 Å². The van der Waals surface area contributed by atoms with E-state index in [0.717, 1.165) is 0 Å². The molecule has 0 amide bonds. The van der Waals surface area contributed by atoms with E-state index in [9.17, 15) is 34.8 Å². The third kappa shape index (κ3) is 5.62. The second-order valence-corrected chi connectivity index (χ2v) is 5.69. The van der Waals surface area contributed by atoms with Gasteiger partial charge < -0.3 is 5.32 Å². The van der Waals surface area contributed by atoms with Gasteiger partial charge in [-0.05, 0) is 20.5 Å². The normalized spacial score (nSPS) is 13.6. The fourth-order valence-corrected chi connectivity index (χ4v) is 1.60. The smallest absolute Gasteiger partial charge is 0.323 e. The van der Waals surface area contributed by atoms with Crippen LogP contribution in [0, 0.1) is 0 Å². The predicted octanol–water partition coefficient (Wildman–Crippen LogP) is 3.15. The van der Waals surface area contributed by atoms with Crippen LogP contribution < -0.4 is 5.32 Å². The average Bonchev–Trinajstić information content (AvgIpc) is 2.28. The van der Waals surface area contributed by atoms with Gasteiger partial charge in [-0.15, -0.1) is 0 Å². The van der Waals surface area contributed by atoms with Gasteiger partial charge in [0.1, 0.15) is 0 Å². The Balaban J connectivity index is 0. The van der Waals surface area contributed by atoms with Crippen LogP contribution in [0.3, 0.4) is 0 Å². The number of unbranched alkanes of at least 4 members (excludes halogenated alkanes) is 2. The summed E-state index contributed by atoms with van der Waals surface area (Å²) < 4.78 is 105. The largest absolute Gasteiger partial charge is 0.437 e. The molecule has 130 valence electrons. The molecule has 0 aromatic rings. The summed E-state index contributed by atoms with van der Waals surface area (Å²) in [6.07, 6.45) is -1.58. The second-order valence-electron chi connectivity index (χ2n) is 4.23. The predicted molar refractivity (Wildman–Crippen MR) is 65.5 cm³/mol. The molecule has 2 N–H and O–H groups in total. The second kappa shape index (κ2) is 8.18. The lowest BCUT2D eigenvalue weighted by molar-refractivity contribution is -0.282. The number of nitrogens with one attached hydrogen (secondary N) is 1. The van der Waals surface area contributed by atoms with Gasteiger partial charge >= 0.3 is 27.2 Å². The quantitative estimate of drug-likeness (QED) is 0.422. The van der Waals surface area contributed by atoms with Crippen LogP contribution >= 0.6 is 0 Å². The van der Waals surface area contributed by atoms with Gasteiger partial charge in [-0.25, -0.2) is 0 Å². The summed E-state index contributed by atoms with van der Waals surface area (Å²) in [5, 5.41) is -3.49. The van der Waals surface area contributed by atoms with Gasteiger partial charge in [-0.2, -0.15) is 34.8 Å². The van der Waals surface area contributed by atoms with E-state index in [-0.39, 0.29) is 6.42 Å². The van der Waals surface area contributed by atoms with Crippen molar-refractivity contribution in [1.82, 2.24) is 5.32 Å². The molecule has 0 aromatic heterocycles. The summed E-state index contributed by atoms with van der Waals surface area (Å²) >= 11 is 0. The van der Waals surface area contributed by atoms with Gasteiger partial charge in [0.05, 0.1) is 0 Å². The van der Waals surface area contributed by atoms with Crippen LogP contribution in [0.4, 0.5) is 26.3 Å². The highest BCUT2D eigenvalue weighted by molar-refractivity contribution is 7.87. The summed E-state index contributed by atoms with van der Waals surface area (Å²) in [6, 6.07) is 0. The Kier molecular flexibility index (Phi) is 8.85. The molecule has 0 rings (SSSR count). The van der Waals surface area contributed by atoms with Gasteiger partial charge in [0, 0.05) is 6.42 Å².